The van der Waals surface area contributed by atoms with Gasteiger partial charge in [0.25, 0.3) is 5.91 Å². The van der Waals surface area contributed by atoms with Gasteiger partial charge >= 0.3 is 0 Å². The Morgan fingerprint density at radius 1 is 1.04 bits per heavy atom. The van der Waals surface area contributed by atoms with Gasteiger partial charge in [0.2, 0.25) is 0 Å². The second-order valence-corrected chi connectivity index (χ2v) is 7.79. The molecule has 0 saturated carbocycles. The lowest BCUT2D eigenvalue weighted by Gasteiger charge is -2.19. The monoisotopic (exact) mass is 363 g/mol. The van der Waals surface area contributed by atoms with Crippen molar-refractivity contribution in [1.82, 2.24) is 0 Å². The third kappa shape index (κ3) is 3.64. The SMILES string of the molecule is CCc1ccc2c(c1)/C(=C/c1cc(C(C)C)c(OC)c(C(C)C)c1)C(=O)N2. The molecule has 0 aliphatic carbocycles. The molecule has 2 aromatic rings. The van der Waals surface area contributed by atoms with Crippen LogP contribution in [0.3, 0.4) is 0 Å². The maximum Gasteiger partial charge on any atom is 0.256 e. The summed E-state index contributed by atoms with van der Waals surface area (Å²) in [6.45, 7) is 10.8. The minimum Gasteiger partial charge on any atom is -0.496 e. The third-order valence-corrected chi connectivity index (χ3v) is 5.20. The number of anilines is 1. The van der Waals surface area contributed by atoms with Gasteiger partial charge in [0.05, 0.1) is 7.11 Å². The Labute approximate surface area is 162 Å². The Morgan fingerprint density at radius 3 is 2.19 bits per heavy atom. The Balaban J connectivity index is 2.17. The molecule has 1 aliphatic heterocycles. The molecule has 0 atom stereocenters. The van der Waals surface area contributed by atoms with Gasteiger partial charge in [-0.05, 0) is 70.9 Å². The highest BCUT2D eigenvalue weighted by molar-refractivity contribution is 6.35. The van der Waals surface area contributed by atoms with Gasteiger partial charge in [-0.3, -0.25) is 4.79 Å². The van der Waals surface area contributed by atoms with E-state index in [-0.39, 0.29) is 5.91 Å². The Hall–Kier alpha value is -2.55. The van der Waals surface area contributed by atoms with E-state index >= 15 is 0 Å². The quantitative estimate of drug-likeness (QED) is 0.662. The normalized spacial score (nSPS) is 14.8. The van der Waals surface area contributed by atoms with Gasteiger partial charge in [0, 0.05) is 16.8 Å². The van der Waals surface area contributed by atoms with Crippen LogP contribution in [0.2, 0.25) is 0 Å². The predicted molar refractivity (Wildman–Crippen MR) is 113 cm³/mol. The first-order valence-corrected chi connectivity index (χ1v) is 9.73. The van der Waals surface area contributed by atoms with E-state index in [4.69, 9.17) is 4.74 Å². The van der Waals surface area contributed by atoms with E-state index in [0.29, 0.717) is 11.8 Å². The lowest BCUT2D eigenvalue weighted by atomic mass is 9.90. The third-order valence-electron chi connectivity index (χ3n) is 5.20. The first-order valence-electron chi connectivity index (χ1n) is 9.73. The number of carbonyl (C=O) groups excluding carboxylic acids is 1. The van der Waals surface area contributed by atoms with Crippen molar-refractivity contribution in [2.45, 2.75) is 52.9 Å². The van der Waals surface area contributed by atoms with Gasteiger partial charge in [-0.2, -0.15) is 0 Å². The van der Waals surface area contributed by atoms with Crippen LogP contribution in [0.25, 0.3) is 11.6 Å². The van der Waals surface area contributed by atoms with Crippen molar-refractivity contribution < 1.29 is 9.53 Å². The van der Waals surface area contributed by atoms with Gasteiger partial charge in [-0.25, -0.2) is 0 Å². The van der Waals surface area contributed by atoms with Crippen LogP contribution in [0.1, 0.15) is 74.3 Å². The highest BCUT2D eigenvalue weighted by atomic mass is 16.5. The van der Waals surface area contributed by atoms with Crippen molar-refractivity contribution in [3.8, 4) is 5.75 Å². The lowest BCUT2D eigenvalue weighted by molar-refractivity contribution is -0.110. The number of hydrogen-bond acceptors (Lipinski definition) is 2. The summed E-state index contributed by atoms with van der Waals surface area (Å²) in [7, 11) is 1.73. The fourth-order valence-corrected chi connectivity index (χ4v) is 3.64. The largest absolute Gasteiger partial charge is 0.496 e. The molecule has 0 saturated heterocycles. The molecule has 3 nitrogen and oxygen atoms in total. The van der Waals surface area contributed by atoms with Crippen LogP contribution in [0, 0.1) is 0 Å². The summed E-state index contributed by atoms with van der Waals surface area (Å²) in [5.74, 6) is 1.61. The Bertz CT molecular complexity index is 878. The smallest absolute Gasteiger partial charge is 0.256 e. The molecule has 2 aromatic carbocycles. The zero-order valence-electron chi connectivity index (χ0n) is 17.1. The number of fused-ring (bicyclic) bond motifs is 1. The summed E-state index contributed by atoms with van der Waals surface area (Å²) < 4.78 is 5.73. The average Bonchev–Trinajstić information content (AvgIpc) is 2.95. The van der Waals surface area contributed by atoms with Crippen molar-refractivity contribution in [3.63, 3.8) is 0 Å². The van der Waals surface area contributed by atoms with E-state index in [0.717, 1.165) is 34.6 Å². The molecule has 142 valence electrons. The number of rotatable bonds is 5. The molecule has 3 heteroatoms. The van der Waals surface area contributed by atoms with E-state index < -0.39 is 0 Å². The molecule has 1 amide bonds. The minimum absolute atomic E-state index is 0.0359. The maximum atomic E-state index is 12.6. The second-order valence-electron chi connectivity index (χ2n) is 7.79. The topological polar surface area (TPSA) is 38.3 Å². The molecule has 0 unspecified atom stereocenters. The average molecular weight is 364 g/mol. The van der Waals surface area contributed by atoms with Gasteiger partial charge in [0.15, 0.2) is 0 Å². The molecule has 0 fully saturated rings. The van der Waals surface area contributed by atoms with Crippen molar-refractivity contribution in [2.24, 2.45) is 0 Å². The van der Waals surface area contributed by atoms with Crippen molar-refractivity contribution in [3.05, 3.63) is 58.1 Å². The molecule has 1 aliphatic rings. The van der Waals surface area contributed by atoms with Crippen molar-refractivity contribution >= 4 is 23.2 Å². The molecule has 0 radical (unpaired) electrons. The number of ether oxygens (including phenoxy) is 1. The summed E-state index contributed by atoms with van der Waals surface area (Å²) >= 11 is 0. The number of nitrogens with one attached hydrogen (secondary N) is 1. The van der Waals surface area contributed by atoms with Crippen molar-refractivity contribution in [1.29, 1.82) is 0 Å². The van der Waals surface area contributed by atoms with Gasteiger partial charge in [0.1, 0.15) is 5.75 Å². The van der Waals surface area contributed by atoms with Crippen LogP contribution in [0.15, 0.2) is 30.3 Å². The summed E-state index contributed by atoms with van der Waals surface area (Å²) in [5.41, 5.74) is 7.25. The fourth-order valence-electron chi connectivity index (χ4n) is 3.64. The number of amides is 1. The van der Waals surface area contributed by atoms with Gasteiger partial charge in [-0.15, -0.1) is 0 Å². The fraction of sp³-hybridized carbons (Fsp3) is 0.375. The number of hydrogen-bond donors (Lipinski definition) is 1. The number of aryl methyl sites for hydroxylation is 1. The van der Waals surface area contributed by atoms with Crippen LogP contribution in [0.5, 0.6) is 5.75 Å². The summed E-state index contributed by atoms with van der Waals surface area (Å²) in [6, 6.07) is 10.5. The maximum absolute atomic E-state index is 12.6. The standard InChI is InChI=1S/C24H29NO2/c1-7-16-8-9-22-20(10-16)21(24(26)25-22)13-17-11-18(14(2)3)23(27-6)19(12-17)15(4)5/h8-15H,7H2,1-6H3,(H,25,26)/b21-13-. The Morgan fingerprint density at radius 2 is 1.67 bits per heavy atom. The first kappa shape index (κ1) is 19.2. The highest BCUT2D eigenvalue weighted by Gasteiger charge is 2.25. The first-order chi connectivity index (χ1) is 12.8. The molecular formula is C24H29NO2. The van der Waals surface area contributed by atoms with Crippen LogP contribution >= 0.6 is 0 Å². The molecule has 27 heavy (non-hydrogen) atoms. The summed E-state index contributed by atoms with van der Waals surface area (Å²) in [6.07, 6.45) is 2.96. The number of benzene rings is 2. The summed E-state index contributed by atoms with van der Waals surface area (Å²) in [4.78, 5) is 12.6. The van der Waals surface area contributed by atoms with E-state index in [2.05, 4.69) is 64.2 Å². The van der Waals surface area contributed by atoms with E-state index in [1.165, 1.54) is 16.7 Å². The zero-order chi connectivity index (χ0) is 19.7. The molecule has 1 N–H and O–H groups in total. The van der Waals surface area contributed by atoms with Crippen LogP contribution in [-0.4, -0.2) is 13.0 Å². The molecule has 1 heterocycles. The zero-order valence-corrected chi connectivity index (χ0v) is 17.1. The van der Waals surface area contributed by atoms with Crippen molar-refractivity contribution in [2.75, 3.05) is 12.4 Å². The number of carbonyl (C=O) groups is 1. The summed E-state index contributed by atoms with van der Waals surface area (Å²) in [5, 5.41) is 2.98. The van der Waals surface area contributed by atoms with Crippen LogP contribution in [-0.2, 0) is 11.2 Å². The van der Waals surface area contributed by atoms with Gasteiger partial charge < -0.3 is 10.1 Å². The van der Waals surface area contributed by atoms with E-state index in [1.807, 2.05) is 12.1 Å². The molecule has 3 rings (SSSR count). The second kappa shape index (κ2) is 7.59. The highest BCUT2D eigenvalue weighted by Crippen LogP contribution is 2.38. The number of methoxy groups -OCH3 is 1. The predicted octanol–water partition coefficient (Wildman–Crippen LogP) is 6.00. The minimum atomic E-state index is -0.0359. The Kier molecular flexibility index (Phi) is 5.41. The molecular weight excluding hydrogens is 334 g/mol. The lowest BCUT2D eigenvalue weighted by Crippen LogP contribution is -2.04. The van der Waals surface area contributed by atoms with E-state index in [1.54, 1.807) is 7.11 Å². The van der Waals surface area contributed by atoms with E-state index in [9.17, 15) is 4.79 Å². The molecule has 0 bridgehead atoms. The van der Waals surface area contributed by atoms with Crippen LogP contribution in [0.4, 0.5) is 5.69 Å². The molecule has 0 spiro atoms. The van der Waals surface area contributed by atoms with Gasteiger partial charge in [-0.1, -0.05) is 40.7 Å². The van der Waals surface area contributed by atoms with Crippen LogP contribution < -0.4 is 10.1 Å². The molecule has 0 aromatic heterocycles.